The fourth-order valence-electron chi connectivity index (χ4n) is 2.47. The molecular weight excluding hydrogens is 382 g/mol. The minimum atomic E-state index is -2.48. The number of rotatable bonds is 4. The van der Waals surface area contributed by atoms with Crippen molar-refractivity contribution in [2.75, 3.05) is 11.9 Å². The van der Waals surface area contributed by atoms with E-state index >= 15 is 0 Å². The van der Waals surface area contributed by atoms with E-state index in [0.717, 1.165) is 4.70 Å². The normalized spacial score (nSPS) is 16.0. The highest BCUT2D eigenvalue weighted by molar-refractivity contribution is 7.99. The number of thiazole rings is 1. The standard InChI is InChI=1S/C17H12F2N2O3S2/c18-16(19)25-9-5-6-10-14(7-9)26-17(20-10)21-15(22)13-8-23-11-3-1-2-4-12(11)24-13/h1-7,13,16H,8H2,(H,20,21,22)/t13-/m0/s1. The van der Waals surface area contributed by atoms with E-state index < -0.39 is 11.9 Å². The number of fused-ring (bicyclic) bond motifs is 2. The number of halogens is 2. The molecule has 0 bridgehead atoms. The molecule has 134 valence electrons. The average Bonchev–Trinajstić information content (AvgIpc) is 3.02. The van der Waals surface area contributed by atoms with Gasteiger partial charge < -0.3 is 9.47 Å². The number of ether oxygens (including phenoxy) is 2. The first-order chi connectivity index (χ1) is 12.6. The number of aromatic nitrogens is 1. The minimum absolute atomic E-state index is 0.100. The molecule has 2 heterocycles. The van der Waals surface area contributed by atoms with E-state index in [4.69, 9.17) is 9.47 Å². The topological polar surface area (TPSA) is 60.5 Å². The molecule has 0 saturated carbocycles. The van der Waals surface area contributed by atoms with Gasteiger partial charge in [0.2, 0.25) is 6.10 Å². The number of benzene rings is 2. The van der Waals surface area contributed by atoms with E-state index in [9.17, 15) is 13.6 Å². The maximum Gasteiger partial charge on any atom is 0.288 e. The molecular formula is C17H12F2N2O3S2. The predicted octanol–water partition coefficient (Wildman–Crippen LogP) is 4.39. The van der Waals surface area contributed by atoms with Crippen LogP contribution in [-0.2, 0) is 4.79 Å². The highest BCUT2D eigenvalue weighted by atomic mass is 32.2. The van der Waals surface area contributed by atoms with E-state index in [1.165, 1.54) is 11.3 Å². The molecule has 4 rings (SSSR count). The lowest BCUT2D eigenvalue weighted by atomic mass is 10.2. The molecule has 1 aliphatic rings. The van der Waals surface area contributed by atoms with Gasteiger partial charge in [-0.1, -0.05) is 35.2 Å². The van der Waals surface area contributed by atoms with Gasteiger partial charge in [0, 0.05) is 4.90 Å². The molecule has 26 heavy (non-hydrogen) atoms. The summed E-state index contributed by atoms with van der Waals surface area (Å²) in [5.74, 6) is -1.75. The van der Waals surface area contributed by atoms with Crippen molar-refractivity contribution in [1.29, 1.82) is 0 Å². The van der Waals surface area contributed by atoms with Crippen molar-refractivity contribution in [3.8, 4) is 11.5 Å². The number of amides is 1. The first kappa shape index (κ1) is 17.0. The maximum atomic E-state index is 12.5. The summed E-state index contributed by atoms with van der Waals surface area (Å²) >= 11 is 1.69. The third-order valence-electron chi connectivity index (χ3n) is 3.62. The van der Waals surface area contributed by atoms with Crippen molar-refractivity contribution in [2.24, 2.45) is 0 Å². The van der Waals surface area contributed by atoms with Crippen molar-refractivity contribution in [3.05, 3.63) is 42.5 Å². The van der Waals surface area contributed by atoms with Crippen LogP contribution in [0.3, 0.4) is 0 Å². The van der Waals surface area contributed by atoms with Gasteiger partial charge >= 0.3 is 0 Å². The lowest BCUT2D eigenvalue weighted by Crippen LogP contribution is -2.40. The SMILES string of the molecule is O=C(Nc1nc2ccc(SC(F)F)cc2s1)[C@@H]1COc2ccccc2O1. The summed E-state index contributed by atoms with van der Waals surface area (Å²) in [6, 6.07) is 12.0. The van der Waals surface area contributed by atoms with Crippen LogP contribution in [0.15, 0.2) is 47.4 Å². The van der Waals surface area contributed by atoms with Crippen LogP contribution in [0, 0.1) is 0 Å². The molecule has 5 nitrogen and oxygen atoms in total. The molecule has 1 aromatic heterocycles. The Morgan fingerprint density at radius 1 is 1.27 bits per heavy atom. The lowest BCUT2D eigenvalue weighted by molar-refractivity contribution is -0.125. The molecule has 1 amide bonds. The second-order valence-corrected chi connectivity index (χ2v) is 7.47. The highest BCUT2D eigenvalue weighted by Gasteiger charge is 2.28. The first-order valence-corrected chi connectivity index (χ1v) is 9.33. The van der Waals surface area contributed by atoms with Gasteiger partial charge in [-0.3, -0.25) is 10.1 Å². The fourth-order valence-corrected chi connectivity index (χ4v) is 3.99. The van der Waals surface area contributed by atoms with E-state index in [1.807, 2.05) is 6.07 Å². The molecule has 2 aromatic carbocycles. The van der Waals surface area contributed by atoms with Crippen LogP contribution in [0.4, 0.5) is 13.9 Å². The molecule has 9 heteroatoms. The zero-order valence-corrected chi connectivity index (χ0v) is 14.8. The van der Waals surface area contributed by atoms with Gasteiger partial charge in [-0.2, -0.15) is 8.78 Å². The molecule has 1 aliphatic heterocycles. The second kappa shape index (κ2) is 7.08. The summed E-state index contributed by atoms with van der Waals surface area (Å²) in [4.78, 5) is 17.2. The molecule has 0 radical (unpaired) electrons. The van der Waals surface area contributed by atoms with Gasteiger partial charge in [0.05, 0.1) is 10.2 Å². The quantitative estimate of drug-likeness (QED) is 0.665. The molecule has 0 saturated heterocycles. The number of hydrogen-bond donors (Lipinski definition) is 1. The summed E-state index contributed by atoms with van der Waals surface area (Å²) in [5.41, 5.74) is 0.634. The number of para-hydroxylation sites is 2. The molecule has 3 aromatic rings. The average molecular weight is 394 g/mol. The molecule has 0 fully saturated rings. The number of carbonyl (C=O) groups is 1. The number of thioether (sulfide) groups is 1. The Morgan fingerprint density at radius 3 is 2.88 bits per heavy atom. The molecule has 1 atom stereocenters. The zero-order valence-electron chi connectivity index (χ0n) is 13.1. The van der Waals surface area contributed by atoms with Crippen LogP contribution in [0.1, 0.15) is 0 Å². The van der Waals surface area contributed by atoms with E-state index in [-0.39, 0.29) is 12.5 Å². The Bertz CT molecular complexity index is 964. The highest BCUT2D eigenvalue weighted by Crippen LogP contribution is 2.33. The molecule has 0 aliphatic carbocycles. The van der Waals surface area contributed by atoms with Crippen molar-refractivity contribution in [3.63, 3.8) is 0 Å². The van der Waals surface area contributed by atoms with Crippen LogP contribution in [0.25, 0.3) is 10.2 Å². The number of nitrogens with zero attached hydrogens (tertiary/aromatic N) is 1. The Hall–Kier alpha value is -2.39. The summed E-state index contributed by atoms with van der Waals surface area (Å²) in [5, 5.41) is 3.08. The van der Waals surface area contributed by atoms with Crippen LogP contribution in [-0.4, -0.2) is 29.4 Å². The van der Waals surface area contributed by atoms with E-state index in [2.05, 4.69) is 10.3 Å². The Labute approximate surface area is 155 Å². The number of hydrogen-bond acceptors (Lipinski definition) is 6. The Morgan fingerprint density at radius 2 is 2.08 bits per heavy atom. The van der Waals surface area contributed by atoms with Crippen LogP contribution >= 0.6 is 23.1 Å². The zero-order chi connectivity index (χ0) is 18.1. The maximum absolute atomic E-state index is 12.5. The summed E-state index contributed by atoms with van der Waals surface area (Å²) < 4.78 is 36.9. The summed E-state index contributed by atoms with van der Waals surface area (Å²) in [7, 11) is 0. The Balaban J connectivity index is 1.47. The van der Waals surface area contributed by atoms with Crippen molar-refractivity contribution in [1.82, 2.24) is 4.98 Å². The smallest absolute Gasteiger partial charge is 0.288 e. The van der Waals surface area contributed by atoms with Gasteiger partial charge in [0.1, 0.15) is 6.61 Å². The first-order valence-electron chi connectivity index (χ1n) is 7.63. The lowest BCUT2D eigenvalue weighted by Gasteiger charge is -2.25. The number of nitrogens with one attached hydrogen (secondary N) is 1. The van der Waals surface area contributed by atoms with Crippen LogP contribution in [0.5, 0.6) is 11.5 Å². The van der Waals surface area contributed by atoms with Gasteiger partial charge in [-0.05, 0) is 30.3 Å². The van der Waals surface area contributed by atoms with E-state index in [0.29, 0.717) is 38.8 Å². The van der Waals surface area contributed by atoms with Gasteiger partial charge in [-0.15, -0.1) is 0 Å². The second-order valence-electron chi connectivity index (χ2n) is 5.38. The van der Waals surface area contributed by atoms with Gasteiger partial charge in [0.15, 0.2) is 16.6 Å². The monoisotopic (exact) mass is 394 g/mol. The number of alkyl halides is 2. The summed E-state index contributed by atoms with van der Waals surface area (Å²) in [6.45, 7) is 0.100. The Kier molecular flexibility index (Phi) is 4.64. The minimum Gasteiger partial charge on any atom is -0.485 e. The third-order valence-corrected chi connectivity index (χ3v) is 5.25. The van der Waals surface area contributed by atoms with Gasteiger partial charge in [-0.25, -0.2) is 4.98 Å². The molecule has 0 unspecified atom stereocenters. The van der Waals surface area contributed by atoms with Crippen LogP contribution in [0.2, 0.25) is 0 Å². The van der Waals surface area contributed by atoms with Crippen molar-refractivity contribution < 1.29 is 23.0 Å². The molecule has 0 spiro atoms. The number of carbonyl (C=O) groups excluding carboxylic acids is 1. The molecule has 1 N–H and O–H groups in total. The fraction of sp³-hybridized carbons (Fsp3) is 0.176. The largest absolute Gasteiger partial charge is 0.485 e. The van der Waals surface area contributed by atoms with E-state index in [1.54, 1.807) is 36.4 Å². The third kappa shape index (κ3) is 3.58. The van der Waals surface area contributed by atoms with Gasteiger partial charge in [0.25, 0.3) is 11.7 Å². The van der Waals surface area contributed by atoms with Crippen molar-refractivity contribution >= 4 is 44.4 Å². The number of anilines is 1. The van der Waals surface area contributed by atoms with Crippen LogP contribution < -0.4 is 14.8 Å². The van der Waals surface area contributed by atoms with Crippen molar-refractivity contribution in [2.45, 2.75) is 16.8 Å². The summed E-state index contributed by atoms with van der Waals surface area (Å²) in [6.07, 6.45) is -0.790. The predicted molar refractivity (Wildman–Crippen MR) is 96.5 cm³/mol.